The molecule has 2 heterocycles. The van der Waals surface area contributed by atoms with Crippen LogP contribution >= 0.6 is 11.8 Å². The van der Waals surface area contributed by atoms with Crippen LogP contribution in [-0.4, -0.2) is 47.3 Å². The number of thioether (sulfide) groups is 1. The summed E-state index contributed by atoms with van der Waals surface area (Å²) in [6, 6.07) is 8.88. The molecule has 1 aliphatic rings. The van der Waals surface area contributed by atoms with Crippen LogP contribution in [-0.2, 0) is 6.54 Å². The number of rotatable bonds is 4. The van der Waals surface area contributed by atoms with E-state index < -0.39 is 0 Å². The van der Waals surface area contributed by atoms with E-state index >= 15 is 0 Å². The lowest BCUT2D eigenvalue weighted by atomic mass is 10.2. The molecule has 0 saturated carbocycles. The van der Waals surface area contributed by atoms with E-state index in [1.165, 1.54) is 10.5 Å². The number of piperazine rings is 1. The zero-order valence-corrected chi connectivity index (χ0v) is 13.1. The van der Waals surface area contributed by atoms with E-state index in [0.29, 0.717) is 0 Å². The van der Waals surface area contributed by atoms with Crippen LogP contribution in [0, 0.1) is 0 Å². The molecule has 0 bridgehead atoms. The molecule has 1 fully saturated rings. The van der Waals surface area contributed by atoms with E-state index in [2.05, 4.69) is 50.3 Å². The molecule has 1 saturated heterocycles. The molecule has 1 aromatic heterocycles. The molecule has 2 aromatic rings. The summed E-state index contributed by atoms with van der Waals surface area (Å²) in [6.45, 7) is 5.20. The highest BCUT2D eigenvalue weighted by molar-refractivity contribution is 7.98. The molecule has 3 rings (SSSR count). The van der Waals surface area contributed by atoms with Gasteiger partial charge in [-0.2, -0.15) is 0 Å². The first kappa shape index (κ1) is 14.4. The van der Waals surface area contributed by atoms with Crippen molar-refractivity contribution in [3.8, 4) is 0 Å². The average Bonchev–Trinajstić information content (AvgIpc) is 2.57. The van der Waals surface area contributed by atoms with E-state index in [4.69, 9.17) is 0 Å². The normalized spacial score (nSPS) is 16.1. The predicted octanol–water partition coefficient (Wildman–Crippen LogP) is 2.52. The van der Waals surface area contributed by atoms with Crippen molar-refractivity contribution in [3.05, 3.63) is 48.4 Å². The van der Waals surface area contributed by atoms with Gasteiger partial charge in [-0.3, -0.25) is 9.88 Å². The summed E-state index contributed by atoms with van der Waals surface area (Å²) >= 11 is 1.79. The number of aromatic nitrogens is 2. The second-order valence-corrected chi connectivity index (χ2v) is 6.05. The molecular formula is C16H20N4S. The van der Waals surface area contributed by atoms with E-state index in [1.807, 2.05) is 6.20 Å². The van der Waals surface area contributed by atoms with E-state index in [0.717, 1.165) is 38.5 Å². The smallest absolute Gasteiger partial charge is 0.147 e. The maximum atomic E-state index is 4.37. The topological polar surface area (TPSA) is 32.3 Å². The maximum absolute atomic E-state index is 4.37. The molecule has 0 unspecified atom stereocenters. The second kappa shape index (κ2) is 6.91. The lowest BCUT2D eigenvalue weighted by Gasteiger charge is -2.35. The minimum absolute atomic E-state index is 0.987. The van der Waals surface area contributed by atoms with Crippen molar-refractivity contribution in [1.29, 1.82) is 0 Å². The standard InChI is InChI=1S/C16H20N4S/c1-21-15-4-2-14(3-5-15)13-19-8-10-20(11-9-19)16-12-17-6-7-18-16/h2-7,12H,8-11,13H2,1H3. The van der Waals surface area contributed by atoms with Crippen LogP contribution in [0.3, 0.4) is 0 Å². The third kappa shape index (κ3) is 3.74. The first-order valence-corrected chi connectivity index (χ1v) is 8.44. The Kier molecular flexibility index (Phi) is 4.72. The fourth-order valence-corrected chi connectivity index (χ4v) is 2.99. The maximum Gasteiger partial charge on any atom is 0.147 e. The molecule has 0 amide bonds. The molecule has 110 valence electrons. The van der Waals surface area contributed by atoms with Crippen LogP contribution in [0.2, 0.25) is 0 Å². The minimum Gasteiger partial charge on any atom is -0.353 e. The highest BCUT2D eigenvalue weighted by Crippen LogP contribution is 2.17. The van der Waals surface area contributed by atoms with Crippen LogP contribution in [0.1, 0.15) is 5.56 Å². The lowest BCUT2D eigenvalue weighted by molar-refractivity contribution is 0.249. The van der Waals surface area contributed by atoms with Crippen LogP contribution in [0.15, 0.2) is 47.8 Å². The van der Waals surface area contributed by atoms with Gasteiger partial charge in [-0.05, 0) is 24.0 Å². The number of benzene rings is 1. The highest BCUT2D eigenvalue weighted by atomic mass is 32.2. The van der Waals surface area contributed by atoms with Gasteiger partial charge in [0.25, 0.3) is 0 Å². The van der Waals surface area contributed by atoms with Crippen molar-refractivity contribution >= 4 is 17.6 Å². The molecular weight excluding hydrogens is 280 g/mol. The Balaban J connectivity index is 1.53. The lowest BCUT2D eigenvalue weighted by Crippen LogP contribution is -2.46. The van der Waals surface area contributed by atoms with Crippen LogP contribution in [0.4, 0.5) is 5.82 Å². The van der Waals surface area contributed by atoms with E-state index in [9.17, 15) is 0 Å². The van der Waals surface area contributed by atoms with Gasteiger partial charge in [-0.25, -0.2) is 4.98 Å². The Morgan fingerprint density at radius 3 is 2.43 bits per heavy atom. The SMILES string of the molecule is CSc1ccc(CN2CCN(c3cnccn3)CC2)cc1. The van der Waals surface area contributed by atoms with Crippen LogP contribution in [0.25, 0.3) is 0 Å². The van der Waals surface area contributed by atoms with Crippen molar-refractivity contribution in [2.24, 2.45) is 0 Å². The summed E-state index contributed by atoms with van der Waals surface area (Å²) in [7, 11) is 0. The van der Waals surface area contributed by atoms with Crippen molar-refractivity contribution in [3.63, 3.8) is 0 Å². The summed E-state index contributed by atoms with van der Waals surface area (Å²) in [5, 5.41) is 0. The number of anilines is 1. The molecule has 0 aliphatic carbocycles. The molecule has 5 heteroatoms. The first-order valence-electron chi connectivity index (χ1n) is 7.21. The zero-order valence-electron chi connectivity index (χ0n) is 12.3. The van der Waals surface area contributed by atoms with Gasteiger partial charge < -0.3 is 4.90 Å². The van der Waals surface area contributed by atoms with Gasteiger partial charge in [0.2, 0.25) is 0 Å². The molecule has 21 heavy (non-hydrogen) atoms. The second-order valence-electron chi connectivity index (χ2n) is 5.17. The summed E-state index contributed by atoms with van der Waals surface area (Å²) in [4.78, 5) is 14.6. The quantitative estimate of drug-likeness (QED) is 0.810. The molecule has 0 N–H and O–H groups in total. The molecule has 0 atom stereocenters. The van der Waals surface area contributed by atoms with Gasteiger partial charge in [-0.1, -0.05) is 12.1 Å². The third-order valence-corrected chi connectivity index (χ3v) is 4.55. The van der Waals surface area contributed by atoms with Crippen molar-refractivity contribution < 1.29 is 0 Å². The zero-order chi connectivity index (χ0) is 14.5. The average molecular weight is 300 g/mol. The molecule has 1 aromatic carbocycles. The fraction of sp³-hybridized carbons (Fsp3) is 0.375. The predicted molar refractivity (Wildman–Crippen MR) is 87.7 cm³/mol. The molecule has 1 aliphatic heterocycles. The fourth-order valence-electron chi connectivity index (χ4n) is 2.58. The summed E-state index contributed by atoms with van der Waals surface area (Å²) < 4.78 is 0. The highest BCUT2D eigenvalue weighted by Gasteiger charge is 2.17. The van der Waals surface area contributed by atoms with Gasteiger partial charge in [-0.15, -0.1) is 11.8 Å². The monoisotopic (exact) mass is 300 g/mol. The molecule has 0 radical (unpaired) electrons. The Labute approximate surface area is 130 Å². The Morgan fingerprint density at radius 1 is 1.05 bits per heavy atom. The van der Waals surface area contributed by atoms with Gasteiger partial charge in [0, 0.05) is 50.0 Å². The Morgan fingerprint density at radius 2 is 1.81 bits per heavy atom. The van der Waals surface area contributed by atoms with Crippen LogP contribution < -0.4 is 4.90 Å². The largest absolute Gasteiger partial charge is 0.353 e. The molecule has 0 spiro atoms. The van der Waals surface area contributed by atoms with E-state index in [1.54, 1.807) is 24.2 Å². The van der Waals surface area contributed by atoms with Gasteiger partial charge in [0.05, 0.1) is 6.20 Å². The van der Waals surface area contributed by atoms with Gasteiger partial charge in [0.15, 0.2) is 0 Å². The number of nitrogens with zero attached hydrogens (tertiary/aromatic N) is 4. The number of hydrogen-bond donors (Lipinski definition) is 0. The van der Waals surface area contributed by atoms with Crippen LogP contribution in [0.5, 0.6) is 0 Å². The summed E-state index contributed by atoms with van der Waals surface area (Å²) in [5.74, 6) is 0.987. The van der Waals surface area contributed by atoms with Crippen molar-refractivity contribution in [1.82, 2.24) is 14.9 Å². The Hall–Kier alpha value is -1.59. The van der Waals surface area contributed by atoms with Gasteiger partial charge in [0.1, 0.15) is 5.82 Å². The minimum atomic E-state index is 0.987. The molecule has 4 nitrogen and oxygen atoms in total. The third-order valence-electron chi connectivity index (χ3n) is 3.81. The Bertz CT molecular complexity index is 550. The summed E-state index contributed by atoms with van der Waals surface area (Å²) in [5.41, 5.74) is 1.39. The van der Waals surface area contributed by atoms with E-state index in [-0.39, 0.29) is 0 Å². The first-order chi connectivity index (χ1) is 10.3. The van der Waals surface area contributed by atoms with Crippen molar-refractivity contribution in [2.75, 3.05) is 37.3 Å². The summed E-state index contributed by atoms with van der Waals surface area (Å²) in [6.07, 6.45) is 7.44. The number of hydrogen-bond acceptors (Lipinski definition) is 5. The van der Waals surface area contributed by atoms with Crippen molar-refractivity contribution in [2.45, 2.75) is 11.4 Å². The van der Waals surface area contributed by atoms with Gasteiger partial charge >= 0.3 is 0 Å².